The summed E-state index contributed by atoms with van der Waals surface area (Å²) in [6.07, 6.45) is -0.174. The van der Waals surface area contributed by atoms with E-state index in [4.69, 9.17) is 9.52 Å². The van der Waals surface area contributed by atoms with Crippen molar-refractivity contribution < 1.29 is 17.9 Å². The molecule has 0 radical (unpaired) electrons. The Morgan fingerprint density at radius 3 is 2.58 bits per heavy atom. The molecule has 110 valence electrons. The van der Waals surface area contributed by atoms with Crippen molar-refractivity contribution in [1.29, 1.82) is 0 Å². The maximum atomic E-state index is 11.9. The van der Waals surface area contributed by atoms with E-state index in [-0.39, 0.29) is 11.6 Å². The molecule has 7 heteroatoms. The Bertz CT molecular complexity index is 480. The molecular weight excluding hydrogens is 268 g/mol. The van der Waals surface area contributed by atoms with Gasteiger partial charge in [0.05, 0.1) is 12.6 Å². The van der Waals surface area contributed by atoms with Gasteiger partial charge in [0, 0.05) is 12.6 Å². The quantitative estimate of drug-likeness (QED) is 0.659. The molecule has 0 amide bonds. The van der Waals surface area contributed by atoms with Gasteiger partial charge in [0.15, 0.2) is 0 Å². The summed E-state index contributed by atoms with van der Waals surface area (Å²) in [5.74, 6) is 0.574. The van der Waals surface area contributed by atoms with E-state index in [1.165, 1.54) is 6.07 Å². The summed E-state index contributed by atoms with van der Waals surface area (Å²) in [6, 6.07) is 3.37. The Morgan fingerprint density at radius 2 is 2.00 bits per heavy atom. The lowest BCUT2D eigenvalue weighted by atomic mass is 10.3. The minimum atomic E-state index is -3.63. The van der Waals surface area contributed by atoms with E-state index in [1.54, 1.807) is 13.0 Å². The Hall–Kier alpha value is -0.890. The number of hydrogen-bond donors (Lipinski definition) is 3. The summed E-state index contributed by atoms with van der Waals surface area (Å²) in [6.45, 7) is 6.27. The van der Waals surface area contributed by atoms with E-state index in [0.29, 0.717) is 24.8 Å². The zero-order valence-electron chi connectivity index (χ0n) is 11.5. The number of rotatable bonds is 8. The molecule has 3 N–H and O–H groups in total. The lowest BCUT2D eigenvalue weighted by Crippen LogP contribution is -2.26. The third-order valence-corrected chi connectivity index (χ3v) is 3.77. The van der Waals surface area contributed by atoms with E-state index in [2.05, 4.69) is 10.0 Å². The van der Waals surface area contributed by atoms with Crippen molar-refractivity contribution in [2.75, 3.05) is 6.54 Å². The first-order valence-electron chi connectivity index (χ1n) is 6.31. The summed E-state index contributed by atoms with van der Waals surface area (Å²) < 4.78 is 31.4. The zero-order chi connectivity index (χ0) is 14.5. The molecule has 0 saturated heterocycles. The molecule has 0 bridgehead atoms. The highest BCUT2D eigenvalue weighted by atomic mass is 32.2. The molecule has 1 atom stereocenters. The fraction of sp³-hybridized carbons (Fsp3) is 0.667. The van der Waals surface area contributed by atoms with Gasteiger partial charge in [-0.1, -0.05) is 13.8 Å². The molecule has 0 saturated carbocycles. The van der Waals surface area contributed by atoms with Crippen LogP contribution in [-0.2, 0) is 16.6 Å². The molecule has 6 nitrogen and oxygen atoms in total. The van der Waals surface area contributed by atoms with Gasteiger partial charge >= 0.3 is 0 Å². The van der Waals surface area contributed by atoms with Crippen LogP contribution in [0.2, 0.25) is 0 Å². The molecular formula is C12H22N2O4S. The lowest BCUT2D eigenvalue weighted by molar-refractivity contribution is 0.186. The average Bonchev–Trinajstić information content (AvgIpc) is 2.74. The summed E-state index contributed by atoms with van der Waals surface area (Å²) in [4.78, 5) is 0. The van der Waals surface area contributed by atoms with E-state index in [0.717, 1.165) is 0 Å². The fourth-order valence-corrected chi connectivity index (χ4v) is 2.37. The molecule has 0 aliphatic rings. The van der Waals surface area contributed by atoms with Crippen LogP contribution in [0.25, 0.3) is 0 Å². The largest absolute Gasteiger partial charge is 0.447 e. The number of furan rings is 1. The predicted molar refractivity (Wildman–Crippen MR) is 72.2 cm³/mol. The van der Waals surface area contributed by atoms with Crippen LogP contribution < -0.4 is 10.0 Å². The number of sulfonamides is 1. The standard InChI is InChI=1S/C12H22N2O4S/c1-9(2)13-8-11-4-5-12(18-11)19(16,17)14-7-6-10(3)15/h4-5,9-10,13-15H,6-8H2,1-3H3. The van der Waals surface area contributed by atoms with Crippen LogP contribution in [0.5, 0.6) is 0 Å². The smallest absolute Gasteiger partial charge is 0.273 e. The molecule has 1 unspecified atom stereocenters. The summed E-state index contributed by atoms with van der Waals surface area (Å²) in [5.41, 5.74) is 0. The van der Waals surface area contributed by atoms with Crippen LogP contribution in [-0.4, -0.2) is 32.2 Å². The predicted octanol–water partition coefficient (Wildman–Crippen LogP) is 0.827. The Balaban J connectivity index is 2.58. The van der Waals surface area contributed by atoms with Gasteiger partial charge in [0.1, 0.15) is 5.76 Å². The van der Waals surface area contributed by atoms with E-state index >= 15 is 0 Å². The van der Waals surface area contributed by atoms with Gasteiger partial charge in [-0.3, -0.25) is 0 Å². The highest BCUT2D eigenvalue weighted by Gasteiger charge is 2.18. The van der Waals surface area contributed by atoms with Crippen molar-refractivity contribution in [3.63, 3.8) is 0 Å². The molecule has 0 aliphatic heterocycles. The van der Waals surface area contributed by atoms with Crippen molar-refractivity contribution in [3.05, 3.63) is 17.9 Å². The molecule has 0 fully saturated rings. The van der Waals surface area contributed by atoms with Gasteiger partial charge < -0.3 is 14.8 Å². The van der Waals surface area contributed by atoms with Crippen LogP contribution in [0.3, 0.4) is 0 Å². The van der Waals surface area contributed by atoms with Crippen molar-refractivity contribution in [2.24, 2.45) is 0 Å². The molecule has 0 spiro atoms. The maximum absolute atomic E-state index is 11.9. The topological polar surface area (TPSA) is 91.6 Å². The maximum Gasteiger partial charge on any atom is 0.273 e. The van der Waals surface area contributed by atoms with Crippen LogP contribution in [0.4, 0.5) is 0 Å². The van der Waals surface area contributed by atoms with Crippen LogP contribution in [0.1, 0.15) is 33.0 Å². The average molecular weight is 290 g/mol. The second-order valence-corrected chi connectivity index (χ2v) is 6.49. The third kappa shape index (κ3) is 5.73. The fourth-order valence-electron chi connectivity index (χ4n) is 1.38. The first-order chi connectivity index (χ1) is 8.81. The SMILES string of the molecule is CC(O)CCNS(=O)(=O)c1ccc(CNC(C)C)o1. The van der Waals surface area contributed by atoms with Crippen molar-refractivity contribution in [1.82, 2.24) is 10.0 Å². The van der Waals surface area contributed by atoms with Crippen molar-refractivity contribution in [2.45, 2.75) is 51.0 Å². The highest BCUT2D eigenvalue weighted by molar-refractivity contribution is 7.89. The molecule has 1 aromatic rings. The second kappa shape index (κ2) is 7.04. The number of hydrogen-bond acceptors (Lipinski definition) is 5. The first kappa shape index (κ1) is 16.2. The number of aliphatic hydroxyl groups excluding tert-OH is 1. The minimum absolute atomic E-state index is 0.0985. The molecule has 0 aromatic carbocycles. The monoisotopic (exact) mass is 290 g/mol. The molecule has 1 heterocycles. The van der Waals surface area contributed by atoms with Crippen molar-refractivity contribution >= 4 is 10.0 Å². The van der Waals surface area contributed by atoms with E-state index in [1.807, 2.05) is 13.8 Å². The first-order valence-corrected chi connectivity index (χ1v) is 7.79. The van der Waals surface area contributed by atoms with Crippen molar-refractivity contribution in [3.8, 4) is 0 Å². The van der Waals surface area contributed by atoms with E-state index < -0.39 is 16.1 Å². The van der Waals surface area contributed by atoms with Gasteiger partial charge in [0.25, 0.3) is 10.0 Å². The zero-order valence-corrected chi connectivity index (χ0v) is 12.3. The van der Waals surface area contributed by atoms with Gasteiger partial charge in [-0.15, -0.1) is 0 Å². The third-order valence-electron chi connectivity index (χ3n) is 2.44. The van der Waals surface area contributed by atoms with Gasteiger partial charge in [-0.05, 0) is 25.5 Å². The highest BCUT2D eigenvalue weighted by Crippen LogP contribution is 2.13. The Morgan fingerprint density at radius 1 is 1.32 bits per heavy atom. The van der Waals surface area contributed by atoms with Crippen LogP contribution in [0.15, 0.2) is 21.6 Å². The normalized spacial score (nSPS) is 13.9. The van der Waals surface area contributed by atoms with Gasteiger partial charge in [0.2, 0.25) is 5.09 Å². The summed E-state index contributed by atoms with van der Waals surface area (Å²) >= 11 is 0. The number of nitrogens with one attached hydrogen (secondary N) is 2. The van der Waals surface area contributed by atoms with Gasteiger partial charge in [-0.2, -0.15) is 0 Å². The summed E-state index contributed by atoms with van der Waals surface area (Å²) in [7, 11) is -3.63. The van der Waals surface area contributed by atoms with Gasteiger partial charge in [-0.25, -0.2) is 13.1 Å². The minimum Gasteiger partial charge on any atom is -0.447 e. The molecule has 19 heavy (non-hydrogen) atoms. The van der Waals surface area contributed by atoms with Crippen LogP contribution in [0, 0.1) is 0 Å². The lowest BCUT2D eigenvalue weighted by Gasteiger charge is -2.06. The Labute approximate surface area is 114 Å². The number of aliphatic hydroxyl groups is 1. The summed E-state index contributed by atoms with van der Waals surface area (Å²) in [5, 5.41) is 12.1. The Kier molecular flexibility index (Phi) is 5.99. The van der Waals surface area contributed by atoms with E-state index in [9.17, 15) is 8.42 Å². The van der Waals surface area contributed by atoms with Crippen LogP contribution >= 0.6 is 0 Å². The second-order valence-electron chi connectivity index (χ2n) is 4.79. The molecule has 0 aliphatic carbocycles. The molecule has 1 aromatic heterocycles. The molecule has 1 rings (SSSR count).